The Morgan fingerprint density at radius 3 is 2.39 bits per heavy atom. The number of amides is 1. The van der Waals surface area contributed by atoms with Gasteiger partial charge in [0.15, 0.2) is 5.17 Å². The highest BCUT2D eigenvalue weighted by molar-refractivity contribution is 8.20. The molecule has 0 bridgehead atoms. The van der Waals surface area contributed by atoms with Gasteiger partial charge in [0.25, 0.3) is 5.91 Å². The van der Waals surface area contributed by atoms with Crippen molar-refractivity contribution in [2.24, 2.45) is 4.99 Å². The van der Waals surface area contributed by atoms with Gasteiger partial charge >= 0.3 is 0 Å². The number of benzene rings is 3. The second kappa shape index (κ2) is 8.61. The van der Waals surface area contributed by atoms with Gasteiger partial charge in [0.05, 0.1) is 29.2 Å². The van der Waals surface area contributed by atoms with E-state index in [0.717, 1.165) is 32.6 Å². The van der Waals surface area contributed by atoms with Crippen molar-refractivity contribution in [3.8, 4) is 5.75 Å². The summed E-state index contributed by atoms with van der Waals surface area (Å²) >= 11 is 2.87. The van der Waals surface area contributed by atoms with Crippen molar-refractivity contribution in [3.63, 3.8) is 0 Å². The molecule has 1 fully saturated rings. The maximum absolute atomic E-state index is 13.7. The molecule has 0 spiro atoms. The summed E-state index contributed by atoms with van der Waals surface area (Å²) in [6.45, 7) is 2.01. The molecule has 2 aliphatic heterocycles. The first-order chi connectivity index (χ1) is 15.9. The van der Waals surface area contributed by atoms with Gasteiger partial charge in [-0.15, -0.1) is 0 Å². The zero-order chi connectivity index (χ0) is 23.1. The lowest BCUT2D eigenvalue weighted by Gasteiger charge is -2.17. The number of aliphatic imine (C=N–C) groups is 1. The fourth-order valence-corrected chi connectivity index (χ4v) is 5.90. The molecule has 8 heteroatoms. The second-order valence-corrected chi connectivity index (χ2v) is 9.59. The SMILES string of the molecule is COc1ccc2c(c1)N(C)/C(=C1/SC(=Nc3ccc(C)cc3)N(c3ccc(F)cc3)C1=O)S2. The molecule has 5 rings (SSSR count). The topological polar surface area (TPSA) is 45.1 Å². The molecule has 3 aromatic rings. The van der Waals surface area contributed by atoms with Crippen molar-refractivity contribution in [1.82, 2.24) is 0 Å². The number of amidine groups is 1. The fraction of sp³-hybridized carbons (Fsp3) is 0.120. The van der Waals surface area contributed by atoms with E-state index in [4.69, 9.17) is 9.73 Å². The number of anilines is 2. The summed E-state index contributed by atoms with van der Waals surface area (Å²) in [6, 6.07) is 19.5. The van der Waals surface area contributed by atoms with Gasteiger partial charge in [-0.05, 0) is 67.2 Å². The Bertz CT molecular complexity index is 1300. The number of thioether (sulfide) groups is 2. The number of halogens is 1. The number of nitrogens with zero attached hydrogens (tertiary/aromatic N) is 3. The average molecular weight is 478 g/mol. The van der Waals surface area contributed by atoms with Crippen LogP contribution < -0.4 is 14.5 Å². The van der Waals surface area contributed by atoms with Gasteiger partial charge in [-0.3, -0.25) is 9.69 Å². The molecule has 0 atom stereocenters. The van der Waals surface area contributed by atoms with Crippen molar-refractivity contribution in [2.75, 3.05) is 24.0 Å². The Hall–Kier alpha value is -3.23. The fourth-order valence-electron chi connectivity index (χ4n) is 3.58. The molecule has 5 nitrogen and oxygen atoms in total. The van der Waals surface area contributed by atoms with Crippen LogP contribution in [0.5, 0.6) is 5.75 Å². The predicted molar refractivity (Wildman–Crippen MR) is 134 cm³/mol. The molecular formula is C25H20FN3O2S2. The largest absolute Gasteiger partial charge is 0.497 e. The van der Waals surface area contributed by atoms with Crippen LogP contribution in [0.4, 0.5) is 21.5 Å². The van der Waals surface area contributed by atoms with Gasteiger partial charge < -0.3 is 9.64 Å². The number of hydrogen-bond acceptors (Lipinski definition) is 6. The summed E-state index contributed by atoms with van der Waals surface area (Å²) in [7, 11) is 3.57. The minimum Gasteiger partial charge on any atom is -0.497 e. The lowest BCUT2D eigenvalue weighted by Crippen LogP contribution is -2.29. The highest BCUT2D eigenvalue weighted by Gasteiger charge is 2.40. The van der Waals surface area contributed by atoms with Gasteiger partial charge in [0, 0.05) is 18.0 Å². The van der Waals surface area contributed by atoms with E-state index in [2.05, 4.69) is 0 Å². The minimum absolute atomic E-state index is 0.188. The molecule has 0 saturated carbocycles. The second-order valence-electron chi connectivity index (χ2n) is 7.58. The third kappa shape index (κ3) is 4.00. The lowest BCUT2D eigenvalue weighted by atomic mass is 10.2. The number of hydrogen-bond donors (Lipinski definition) is 0. The highest BCUT2D eigenvalue weighted by Crippen LogP contribution is 2.51. The Morgan fingerprint density at radius 2 is 1.70 bits per heavy atom. The molecule has 166 valence electrons. The number of fused-ring (bicyclic) bond motifs is 1. The summed E-state index contributed by atoms with van der Waals surface area (Å²) in [5.41, 5.74) is 3.42. The molecule has 0 aliphatic carbocycles. The minimum atomic E-state index is -0.357. The number of carbonyl (C=O) groups is 1. The van der Waals surface area contributed by atoms with Crippen molar-refractivity contribution < 1.29 is 13.9 Å². The molecule has 0 unspecified atom stereocenters. The number of carbonyl (C=O) groups excluding carboxylic acids is 1. The molecule has 33 heavy (non-hydrogen) atoms. The van der Waals surface area contributed by atoms with Crippen molar-refractivity contribution in [2.45, 2.75) is 11.8 Å². The molecular weight excluding hydrogens is 457 g/mol. The summed E-state index contributed by atoms with van der Waals surface area (Å²) in [5.74, 6) is 0.211. The van der Waals surface area contributed by atoms with Crippen LogP contribution in [0.2, 0.25) is 0 Å². The first kappa shape index (κ1) is 21.6. The van der Waals surface area contributed by atoms with Crippen LogP contribution in [0, 0.1) is 12.7 Å². The molecule has 2 heterocycles. The maximum atomic E-state index is 13.7. The number of methoxy groups -OCH3 is 1. The van der Waals surface area contributed by atoms with E-state index in [1.807, 2.05) is 61.3 Å². The zero-order valence-electron chi connectivity index (χ0n) is 18.2. The molecule has 2 aliphatic rings. The van der Waals surface area contributed by atoms with Crippen molar-refractivity contribution in [3.05, 3.63) is 88.0 Å². The molecule has 3 aromatic carbocycles. The van der Waals surface area contributed by atoms with E-state index in [-0.39, 0.29) is 11.7 Å². The monoisotopic (exact) mass is 477 g/mol. The van der Waals surface area contributed by atoms with Gasteiger partial charge in [-0.25, -0.2) is 9.38 Å². The summed E-state index contributed by atoms with van der Waals surface area (Å²) in [5, 5.41) is 1.36. The Morgan fingerprint density at radius 1 is 0.970 bits per heavy atom. The lowest BCUT2D eigenvalue weighted by molar-refractivity contribution is -0.113. The van der Waals surface area contributed by atoms with E-state index in [9.17, 15) is 9.18 Å². The van der Waals surface area contributed by atoms with Gasteiger partial charge in [0.2, 0.25) is 0 Å². The summed E-state index contributed by atoms with van der Waals surface area (Å²) < 4.78 is 18.9. The molecule has 0 N–H and O–H groups in total. The first-order valence-electron chi connectivity index (χ1n) is 10.2. The highest BCUT2D eigenvalue weighted by atomic mass is 32.2. The average Bonchev–Trinajstić information content (AvgIpc) is 3.31. The third-order valence-corrected chi connectivity index (χ3v) is 7.75. The van der Waals surface area contributed by atoms with E-state index in [0.29, 0.717) is 15.8 Å². The summed E-state index contributed by atoms with van der Waals surface area (Å²) in [4.78, 5) is 23.6. The quantitative estimate of drug-likeness (QED) is 0.413. The number of aryl methyl sites for hydroxylation is 1. The van der Waals surface area contributed by atoms with E-state index in [1.165, 1.54) is 23.9 Å². The Balaban J connectivity index is 1.59. The van der Waals surface area contributed by atoms with E-state index < -0.39 is 0 Å². The van der Waals surface area contributed by atoms with Crippen molar-refractivity contribution >= 4 is 51.7 Å². The Labute approximate surface area is 200 Å². The third-order valence-electron chi connectivity index (χ3n) is 5.36. The number of rotatable bonds is 3. The standard InChI is InChI=1S/C25H20FN3O2S2/c1-15-4-8-17(9-5-15)27-25-29(18-10-6-16(26)7-11-18)23(30)22(33-25)24-28(2)20-14-19(31-3)12-13-21(20)32-24/h4-14H,1-3H3/b24-22-,27-25?. The molecule has 0 aromatic heterocycles. The van der Waals surface area contributed by atoms with Crippen LogP contribution in [0.1, 0.15) is 5.56 Å². The van der Waals surface area contributed by atoms with Crippen LogP contribution >= 0.6 is 23.5 Å². The van der Waals surface area contributed by atoms with Crippen molar-refractivity contribution in [1.29, 1.82) is 0 Å². The normalized spacial score (nSPS) is 18.9. The van der Waals surface area contributed by atoms with Crippen LogP contribution in [-0.2, 0) is 4.79 Å². The van der Waals surface area contributed by atoms with Gasteiger partial charge in [0.1, 0.15) is 16.5 Å². The molecule has 1 amide bonds. The molecule has 1 saturated heterocycles. The van der Waals surface area contributed by atoms with Crippen LogP contribution in [0.25, 0.3) is 0 Å². The van der Waals surface area contributed by atoms with Gasteiger partial charge in [-0.1, -0.05) is 29.5 Å². The summed E-state index contributed by atoms with van der Waals surface area (Å²) in [6.07, 6.45) is 0. The van der Waals surface area contributed by atoms with Crippen LogP contribution in [-0.4, -0.2) is 25.2 Å². The van der Waals surface area contributed by atoms with E-state index >= 15 is 0 Å². The van der Waals surface area contributed by atoms with Gasteiger partial charge in [-0.2, -0.15) is 0 Å². The van der Waals surface area contributed by atoms with Crippen LogP contribution in [0.3, 0.4) is 0 Å². The van der Waals surface area contributed by atoms with E-state index in [1.54, 1.807) is 35.9 Å². The zero-order valence-corrected chi connectivity index (χ0v) is 19.8. The smallest absolute Gasteiger partial charge is 0.274 e. The maximum Gasteiger partial charge on any atom is 0.274 e. The van der Waals surface area contributed by atoms with Crippen LogP contribution in [0.15, 0.2) is 86.6 Å². The molecule has 0 radical (unpaired) electrons. The Kier molecular flexibility index (Phi) is 5.64. The number of ether oxygens (including phenoxy) is 1. The predicted octanol–water partition coefficient (Wildman–Crippen LogP) is 6.32. The first-order valence-corrected chi connectivity index (χ1v) is 11.8.